The molecular weight excluding hydrogens is 310 g/mol. The minimum Gasteiger partial charge on any atom is -0.493 e. The van der Waals surface area contributed by atoms with E-state index in [1.54, 1.807) is 12.1 Å². The molecule has 0 aliphatic heterocycles. The summed E-state index contributed by atoms with van der Waals surface area (Å²) in [4.78, 5) is 11.5. The zero-order valence-corrected chi connectivity index (χ0v) is 15.2. The first-order chi connectivity index (χ1) is 12.2. The van der Waals surface area contributed by atoms with Crippen molar-refractivity contribution in [3.63, 3.8) is 0 Å². The van der Waals surface area contributed by atoms with Crippen molar-refractivity contribution < 1.29 is 9.53 Å². The maximum atomic E-state index is 11.5. The van der Waals surface area contributed by atoms with Gasteiger partial charge >= 0.3 is 0 Å². The largest absolute Gasteiger partial charge is 0.493 e. The van der Waals surface area contributed by atoms with Crippen molar-refractivity contribution in [2.75, 3.05) is 6.61 Å². The molecule has 2 aromatic carbocycles. The van der Waals surface area contributed by atoms with Gasteiger partial charge in [0.15, 0.2) is 0 Å². The molecule has 2 N–H and O–H groups in total. The van der Waals surface area contributed by atoms with E-state index >= 15 is 0 Å². The van der Waals surface area contributed by atoms with Gasteiger partial charge in [0.1, 0.15) is 5.75 Å². The molecule has 0 aromatic heterocycles. The maximum Gasteiger partial charge on any atom is 0.248 e. The first kappa shape index (κ1) is 19.0. The summed E-state index contributed by atoms with van der Waals surface area (Å²) in [6.07, 6.45) is 8.71. The van der Waals surface area contributed by atoms with E-state index in [2.05, 4.69) is 6.92 Å². The number of rotatable bonds is 11. The average Bonchev–Trinajstić information content (AvgIpc) is 2.64. The molecule has 0 saturated heterocycles. The second kappa shape index (κ2) is 10.5. The number of primary amides is 1. The lowest BCUT2D eigenvalue weighted by molar-refractivity contribution is 0.1000. The molecule has 0 aliphatic rings. The smallest absolute Gasteiger partial charge is 0.248 e. The zero-order chi connectivity index (χ0) is 17.9. The maximum absolute atomic E-state index is 11.5. The van der Waals surface area contributed by atoms with Crippen LogP contribution in [0.5, 0.6) is 5.75 Å². The molecule has 134 valence electrons. The summed E-state index contributed by atoms with van der Waals surface area (Å²) in [5, 5.41) is 0. The molecule has 0 atom stereocenters. The molecule has 2 rings (SSSR count). The van der Waals surface area contributed by atoms with Crippen LogP contribution in [0.2, 0.25) is 0 Å². The van der Waals surface area contributed by atoms with Gasteiger partial charge in [-0.1, -0.05) is 75.8 Å². The zero-order valence-electron chi connectivity index (χ0n) is 15.2. The highest BCUT2D eigenvalue weighted by atomic mass is 16.5. The van der Waals surface area contributed by atoms with Crippen LogP contribution in [-0.2, 0) is 0 Å². The standard InChI is InChI=1S/C22H29NO2/c1-2-3-4-5-6-7-11-16-25-21-17-19(22(23)24)14-15-20(21)18-12-9-8-10-13-18/h8-10,12-15,17H,2-7,11,16H2,1H3,(H2,23,24). The molecule has 0 radical (unpaired) electrons. The third-order valence-corrected chi connectivity index (χ3v) is 4.36. The van der Waals surface area contributed by atoms with Crippen molar-refractivity contribution in [1.82, 2.24) is 0 Å². The van der Waals surface area contributed by atoms with Gasteiger partial charge in [-0.15, -0.1) is 0 Å². The van der Waals surface area contributed by atoms with Gasteiger partial charge in [-0.2, -0.15) is 0 Å². The lowest BCUT2D eigenvalue weighted by Crippen LogP contribution is -2.11. The molecule has 25 heavy (non-hydrogen) atoms. The van der Waals surface area contributed by atoms with Crippen LogP contribution in [0, 0.1) is 0 Å². The van der Waals surface area contributed by atoms with Crippen molar-refractivity contribution >= 4 is 5.91 Å². The number of unbranched alkanes of at least 4 members (excludes halogenated alkanes) is 6. The fourth-order valence-electron chi connectivity index (χ4n) is 2.89. The molecule has 0 unspecified atom stereocenters. The molecule has 3 heteroatoms. The van der Waals surface area contributed by atoms with Gasteiger partial charge in [0.2, 0.25) is 5.91 Å². The normalized spacial score (nSPS) is 10.6. The lowest BCUT2D eigenvalue weighted by Gasteiger charge is -2.13. The van der Waals surface area contributed by atoms with Gasteiger partial charge in [-0.25, -0.2) is 0 Å². The van der Waals surface area contributed by atoms with Crippen molar-refractivity contribution in [3.8, 4) is 16.9 Å². The fourth-order valence-corrected chi connectivity index (χ4v) is 2.89. The van der Waals surface area contributed by atoms with Crippen LogP contribution >= 0.6 is 0 Å². The van der Waals surface area contributed by atoms with Crippen LogP contribution in [0.4, 0.5) is 0 Å². The SMILES string of the molecule is CCCCCCCCCOc1cc(C(N)=O)ccc1-c1ccccc1. The summed E-state index contributed by atoms with van der Waals surface area (Å²) >= 11 is 0. The third kappa shape index (κ3) is 6.26. The highest BCUT2D eigenvalue weighted by molar-refractivity contribution is 5.94. The minimum atomic E-state index is -0.430. The highest BCUT2D eigenvalue weighted by Crippen LogP contribution is 2.31. The number of amides is 1. The quantitative estimate of drug-likeness (QED) is 0.543. The summed E-state index contributed by atoms with van der Waals surface area (Å²) in [7, 11) is 0. The molecule has 3 nitrogen and oxygen atoms in total. The van der Waals surface area contributed by atoms with Crippen molar-refractivity contribution in [2.45, 2.75) is 51.9 Å². The van der Waals surface area contributed by atoms with Crippen LogP contribution in [0.3, 0.4) is 0 Å². The van der Waals surface area contributed by atoms with Crippen molar-refractivity contribution in [1.29, 1.82) is 0 Å². The molecule has 0 bridgehead atoms. The molecule has 0 spiro atoms. The van der Waals surface area contributed by atoms with E-state index in [1.807, 2.05) is 36.4 Å². The van der Waals surface area contributed by atoms with Crippen LogP contribution < -0.4 is 10.5 Å². The molecule has 1 amide bonds. The highest BCUT2D eigenvalue weighted by Gasteiger charge is 2.10. The van der Waals surface area contributed by atoms with Gasteiger partial charge in [0.05, 0.1) is 6.61 Å². The predicted octanol–water partition coefficient (Wildman–Crippen LogP) is 5.58. The van der Waals surface area contributed by atoms with Crippen LogP contribution in [0.15, 0.2) is 48.5 Å². The molecule has 2 aromatic rings. The molecule has 0 aliphatic carbocycles. The number of ether oxygens (including phenoxy) is 1. The summed E-state index contributed by atoms with van der Waals surface area (Å²) in [5.74, 6) is 0.300. The molecule has 0 saturated carbocycles. The first-order valence-corrected chi connectivity index (χ1v) is 9.34. The van der Waals surface area contributed by atoms with E-state index in [0.29, 0.717) is 12.2 Å². The van der Waals surface area contributed by atoms with Crippen molar-refractivity contribution in [3.05, 3.63) is 54.1 Å². The van der Waals surface area contributed by atoms with Gasteiger partial charge < -0.3 is 10.5 Å². The van der Waals surface area contributed by atoms with Crippen molar-refractivity contribution in [2.24, 2.45) is 5.73 Å². The van der Waals surface area contributed by atoms with Gasteiger partial charge in [0.25, 0.3) is 0 Å². The summed E-state index contributed by atoms with van der Waals surface area (Å²) in [6, 6.07) is 15.5. The van der Waals surface area contributed by atoms with Crippen LogP contribution in [0.1, 0.15) is 62.2 Å². The summed E-state index contributed by atoms with van der Waals surface area (Å²) < 4.78 is 6.00. The Labute approximate surface area is 151 Å². The number of hydrogen-bond acceptors (Lipinski definition) is 2. The van der Waals surface area contributed by atoms with Crippen LogP contribution in [-0.4, -0.2) is 12.5 Å². The topological polar surface area (TPSA) is 52.3 Å². The molecule has 0 fully saturated rings. The summed E-state index contributed by atoms with van der Waals surface area (Å²) in [6.45, 7) is 2.90. The number of carbonyl (C=O) groups is 1. The Morgan fingerprint density at radius 2 is 1.60 bits per heavy atom. The Bertz CT molecular complexity index is 652. The Kier molecular flexibility index (Phi) is 8.03. The second-order valence-electron chi connectivity index (χ2n) is 6.41. The summed E-state index contributed by atoms with van der Waals surface area (Å²) in [5.41, 5.74) is 7.96. The van der Waals surface area contributed by atoms with Gasteiger partial charge in [0, 0.05) is 11.1 Å². The third-order valence-electron chi connectivity index (χ3n) is 4.36. The minimum absolute atomic E-state index is 0.430. The predicted molar refractivity (Wildman–Crippen MR) is 104 cm³/mol. The van der Waals surface area contributed by atoms with Gasteiger partial charge in [-0.05, 0) is 30.2 Å². The number of carbonyl (C=O) groups excluding carboxylic acids is 1. The lowest BCUT2D eigenvalue weighted by atomic mass is 10.0. The number of benzene rings is 2. The Morgan fingerprint density at radius 3 is 2.28 bits per heavy atom. The van der Waals surface area contributed by atoms with E-state index in [-0.39, 0.29) is 0 Å². The molecular formula is C22H29NO2. The Hall–Kier alpha value is -2.29. The van der Waals surface area contributed by atoms with E-state index in [0.717, 1.165) is 23.3 Å². The average molecular weight is 339 g/mol. The number of hydrogen-bond donors (Lipinski definition) is 1. The number of nitrogens with two attached hydrogens (primary N) is 1. The van der Waals surface area contributed by atoms with E-state index in [1.165, 1.54) is 38.5 Å². The first-order valence-electron chi connectivity index (χ1n) is 9.34. The molecule has 0 heterocycles. The van der Waals surface area contributed by atoms with E-state index < -0.39 is 5.91 Å². The second-order valence-corrected chi connectivity index (χ2v) is 6.41. The van der Waals surface area contributed by atoms with E-state index in [9.17, 15) is 4.79 Å². The fraction of sp³-hybridized carbons (Fsp3) is 0.409. The Morgan fingerprint density at radius 1 is 0.920 bits per heavy atom. The monoisotopic (exact) mass is 339 g/mol. The Balaban J connectivity index is 1.95. The van der Waals surface area contributed by atoms with E-state index in [4.69, 9.17) is 10.5 Å². The van der Waals surface area contributed by atoms with Crippen LogP contribution in [0.25, 0.3) is 11.1 Å². The van der Waals surface area contributed by atoms with Gasteiger partial charge in [-0.3, -0.25) is 4.79 Å².